The number of nitrogens with one attached hydrogen (secondary N) is 1. The molecule has 0 aromatic heterocycles. The minimum absolute atomic E-state index is 0.0285. The van der Waals surface area contributed by atoms with Gasteiger partial charge in [0, 0.05) is 18.9 Å². The molecule has 0 amide bonds. The van der Waals surface area contributed by atoms with Crippen LogP contribution in [0.1, 0.15) is 22.3 Å². The van der Waals surface area contributed by atoms with Gasteiger partial charge in [0.05, 0.1) is 10.7 Å². The fraction of sp³-hybridized carbons (Fsp3) is 0.417. The standard InChI is InChI=1S/C12H16N2O6S/c1-21(19,20)7-3-6-13-8-9-4-2-5-10(14(17)18)11(9)12(15)16/h2,4-5,13H,3,6-8H2,1H3,(H,15,16). The Morgan fingerprint density at radius 3 is 2.62 bits per heavy atom. The van der Waals surface area contributed by atoms with Gasteiger partial charge in [0.15, 0.2) is 0 Å². The van der Waals surface area contributed by atoms with Crippen LogP contribution in [-0.2, 0) is 16.4 Å². The molecule has 1 aromatic carbocycles. The molecule has 0 aliphatic rings. The summed E-state index contributed by atoms with van der Waals surface area (Å²) < 4.78 is 21.9. The number of aromatic carboxylic acids is 1. The number of rotatable bonds is 8. The van der Waals surface area contributed by atoms with Crippen LogP contribution in [0.25, 0.3) is 0 Å². The monoisotopic (exact) mass is 316 g/mol. The summed E-state index contributed by atoms with van der Waals surface area (Å²) in [5, 5.41) is 22.8. The van der Waals surface area contributed by atoms with Gasteiger partial charge in [0.25, 0.3) is 5.69 Å². The zero-order valence-corrected chi connectivity index (χ0v) is 12.2. The summed E-state index contributed by atoms with van der Waals surface area (Å²) in [7, 11) is -3.03. The van der Waals surface area contributed by atoms with Crippen molar-refractivity contribution in [2.24, 2.45) is 0 Å². The van der Waals surface area contributed by atoms with E-state index in [0.29, 0.717) is 13.0 Å². The van der Waals surface area contributed by atoms with E-state index in [1.807, 2.05) is 0 Å². The van der Waals surface area contributed by atoms with E-state index in [0.717, 1.165) is 12.3 Å². The summed E-state index contributed by atoms with van der Waals surface area (Å²) in [6, 6.07) is 4.04. The van der Waals surface area contributed by atoms with Crippen LogP contribution in [0.15, 0.2) is 18.2 Å². The highest BCUT2D eigenvalue weighted by molar-refractivity contribution is 7.90. The lowest BCUT2D eigenvalue weighted by Gasteiger charge is -2.08. The Hall–Kier alpha value is -2.00. The second-order valence-corrected chi connectivity index (χ2v) is 6.79. The maximum absolute atomic E-state index is 11.2. The molecule has 0 atom stereocenters. The van der Waals surface area contributed by atoms with Crippen molar-refractivity contribution in [2.45, 2.75) is 13.0 Å². The molecule has 0 unspecified atom stereocenters. The van der Waals surface area contributed by atoms with Crippen LogP contribution in [0.5, 0.6) is 0 Å². The first kappa shape index (κ1) is 17.1. The minimum atomic E-state index is -3.03. The molecule has 0 saturated carbocycles. The van der Waals surface area contributed by atoms with Gasteiger partial charge in [-0.05, 0) is 18.5 Å². The van der Waals surface area contributed by atoms with E-state index in [1.54, 1.807) is 0 Å². The van der Waals surface area contributed by atoms with E-state index in [1.165, 1.54) is 12.1 Å². The van der Waals surface area contributed by atoms with E-state index in [4.69, 9.17) is 5.11 Å². The summed E-state index contributed by atoms with van der Waals surface area (Å²) in [5.41, 5.74) is -0.521. The number of hydrogen-bond acceptors (Lipinski definition) is 6. The van der Waals surface area contributed by atoms with E-state index in [-0.39, 0.29) is 23.4 Å². The normalized spacial score (nSPS) is 11.3. The van der Waals surface area contributed by atoms with Crippen molar-refractivity contribution in [1.29, 1.82) is 0 Å². The molecule has 9 heteroatoms. The molecule has 0 saturated heterocycles. The van der Waals surface area contributed by atoms with Crippen molar-refractivity contribution in [2.75, 3.05) is 18.6 Å². The van der Waals surface area contributed by atoms with Crippen molar-refractivity contribution in [3.05, 3.63) is 39.4 Å². The molecule has 0 aliphatic heterocycles. The quantitative estimate of drug-likeness (QED) is 0.413. The van der Waals surface area contributed by atoms with E-state index in [9.17, 15) is 23.3 Å². The average Bonchev–Trinajstić information content (AvgIpc) is 2.36. The number of carboxylic acid groups (broad SMARTS) is 1. The third kappa shape index (κ3) is 5.48. The highest BCUT2D eigenvalue weighted by Gasteiger charge is 2.22. The van der Waals surface area contributed by atoms with Crippen molar-refractivity contribution in [3.8, 4) is 0 Å². The van der Waals surface area contributed by atoms with Crippen LogP contribution in [-0.4, -0.2) is 43.0 Å². The lowest BCUT2D eigenvalue weighted by atomic mass is 10.1. The maximum atomic E-state index is 11.2. The number of sulfone groups is 1. The van der Waals surface area contributed by atoms with Crippen LogP contribution in [0, 0.1) is 10.1 Å². The summed E-state index contributed by atoms with van der Waals surface area (Å²) in [5.74, 6) is -1.34. The molecule has 0 bridgehead atoms. The summed E-state index contributed by atoms with van der Waals surface area (Å²) in [6.45, 7) is 0.488. The Morgan fingerprint density at radius 2 is 2.10 bits per heavy atom. The number of carbonyl (C=O) groups is 1. The number of benzene rings is 1. The molecule has 2 N–H and O–H groups in total. The second-order valence-electron chi connectivity index (χ2n) is 4.53. The van der Waals surface area contributed by atoms with E-state index < -0.39 is 26.4 Å². The summed E-state index contributed by atoms with van der Waals surface area (Å²) in [4.78, 5) is 21.2. The van der Waals surface area contributed by atoms with Crippen LogP contribution in [0.2, 0.25) is 0 Å². The van der Waals surface area contributed by atoms with E-state index in [2.05, 4.69) is 5.32 Å². The first-order valence-corrected chi connectivity index (χ1v) is 8.16. The molecule has 0 heterocycles. The molecule has 0 aliphatic carbocycles. The minimum Gasteiger partial charge on any atom is -0.477 e. The van der Waals surface area contributed by atoms with Gasteiger partial charge >= 0.3 is 5.97 Å². The predicted molar refractivity (Wildman–Crippen MR) is 76.1 cm³/mol. The number of nitrogens with zero attached hydrogens (tertiary/aromatic N) is 1. The molecular weight excluding hydrogens is 300 g/mol. The Bertz CT molecular complexity index is 641. The Balaban J connectivity index is 2.73. The maximum Gasteiger partial charge on any atom is 0.343 e. The number of nitro benzene ring substituents is 1. The molecule has 0 spiro atoms. The second kappa shape index (κ2) is 7.14. The Morgan fingerprint density at radius 1 is 1.43 bits per heavy atom. The number of hydrogen-bond donors (Lipinski definition) is 2. The summed E-state index contributed by atoms with van der Waals surface area (Å²) in [6.07, 6.45) is 1.52. The van der Waals surface area contributed by atoms with Crippen LogP contribution in [0.4, 0.5) is 5.69 Å². The Labute approximate surface area is 121 Å². The van der Waals surface area contributed by atoms with Gasteiger partial charge in [-0.1, -0.05) is 12.1 Å². The average molecular weight is 316 g/mol. The molecule has 0 fully saturated rings. The first-order valence-electron chi connectivity index (χ1n) is 6.10. The molecule has 1 aromatic rings. The fourth-order valence-electron chi connectivity index (χ4n) is 1.82. The fourth-order valence-corrected chi connectivity index (χ4v) is 2.48. The Kier molecular flexibility index (Phi) is 5.79. The van der Waals surface area contributed by atoms with Crippen molar-refractivity contribution < 1.29 is 23.2 Å². The third-order valence-corrected chi connectivity index (χ3v) is 3.75. The van der Waals surface area contributed by atoms with Gasteiger partial charge in [-0.3, -0.25) is 10.1 Å². The molecule has 116 valence electrons. The van der Waals surface area contributed by atoms with Gasteiger partial charge in [-0.15, -0.1) is 0 Å². The molecule has 1 rings (SSSR count). The van der Waals surface area contributed by atoms with Crippen LogP contribution in [0.3, 0.4) is 0 Å². The van der Waals surface area contributed by atoms with Crippen molar-refractivity contribution in [1.82, 2.24) is 5.32 Å². The predicted octanol–water partition coefficient (Wildman–Crippen LogP) is 0.817. The van der Waals surface area contributed by atoms with Gasteiger partial charge < -0.3 is 10.4 Å². The van der Waals surface area contributed by atoms with Crippen LogP contribution >= 0.6 is 0 Å². The van der Waals surface area contributed by atoms with Crippen molar-refractivity contribution >= 4 is 21.5 Å². The zero-order valence-electron chi connectivity index (χ0n) is 11.4. The SMILES string of the molecule is CS(=O)(=O)CCCNCc1cccc([N+](=O)[O-])c1C(=O)O. The molecule has 21 heavy (non-hydrogen) atoms. The number of nitro groups is 1. The van der Waals surface area contributed by atoms with Gasteiger partial charge in [0.1, 0.15) is 15.4 Å². The third-order valence-electron chi connectivity index (χ3n) is 2.72. The zero-order chi connectivity index (χ0) is 16.0. The lowest BCUT2D eigenvalue weighted by Crippen LogP contribution is -2.20. The highest BCUT2D eigenvalue weighted by Crippen LogP contribution is 2.22. The van der Waals surface area contributed by atoms with Crippen molar-refractivity contribution in [3.63, 3.8) is 0 Å². The molecule has 8 nitrogen and oxygen atoms in total. The molecular formula is C12H16N2O6S. The van der Waals surface area contributed by atoms with Gasteiger partial charge in [0.2, 0.25) is 0 Å². The van der Waals surface area contributed by atoms with Crippen LogP contribution < -0.4 is 5.32 Å². The smallest absolute Gasteiger partial charge is 0.343 e. The lowest BCUT2D eigenvalue weighted by molar-refractivity contribution is -0.385. The topological polar surface area (TPSA) is 127 Å². The largest absolute Gasteiger partial charge is 0.477 e. The number of carboxylic acids is 1. The van der Waals surface area contributed by atoms with Gasteiger partial charge in [-0.25, -0.2) is 13.2 Å². The molecule has 0 radical (unpaired) electrons. The van der Waals surface area contributed by atoms with Gasteiger partial charge in [-0.2, -0.15) is 0 Å². The highest BCUT2D eigenvalue weighted by atomic mass is 32.2. The van der Waals surface area contributed by atoms with E-state index >= 15 is 0 Å². The summed E-state index contributed by atoms with van der Waals surface area (Å²) >= 11 is 0. The first-order chi connectivity index (χ1) is 9.72.